The maximum atomic E-state index is 12.9. The molecule has 1 aliphatic heterocycles. The van der Waals surface area contributed by atoms with Crippen LogP contribution < -0.4 is 4.90 Å². The number of alkyl halides is 2. The molecule has 1 nitrogen and oxygen atoms in total. The van der Waals surface area contributed by atoms with E-state index in [9.17, 15) is 8.78 Å². The second-order valence-corrected chi connectivity index (χ2v) is 4.66. The lowest BCUT2D eigenvalue weighted by Crippen LogP contribution is -2.19. The van der Waals surface area contributed by atoms with Crippen LogP contribution >= 0.6 is 22.6 Å². The molecule has 0 N–H and O–H groups in total. The molecule has 0 amide bonds. The molecule has 2 atom stereocenters. The van der Waals surface area contributed by atoms with Gasteiger partial charge in [0.15, 0.2) is 12.3 Å². The van der Waals surface area contributed by atoms with Crippen LogP contribution in [0.5, 0.6) is 0 Å². The molecule has 0 radical (unpaired) electrons. The molecule has 0 bridgehead atoms. The number of hydrogen-bond acceptors (Lipinski definition) is 1. The SMILES string of the molecule is FC1CN(c2ccc(I)cc2)CC1F. The average molecular weight is 309 g/mol. The zero-order valence-corrected chi connectivity index (χ0v) is 9.62. The molecule has 1 aromatic rings. The standard InChI is InChI=1S/C10H10F2IN/c11-9-5-14(6-10(9)12)8-3-1-7(13)2-4-8/h1-4,9-10H,5-6H2. The monoisotopic (exact) mass is 309 g/mol. The third-order valence-electron chi connectivity index (χ3n) is 2.37. The Morgan fingerprint density at radius 2 is 1.57 bits per heavy atom. The van der Waals surface area contributed by atoms with Gasteiger partial charge in [-0.05, 0) is 46.9 Å². The van der Waals surface area contributed by atoms with Crippen LogP contribution in [0.2, 0.25) is 0 Å². The molecule has 1 fully saturated rings. The molecule has 2 rings (SSSR count). The van der Waals surface area contributed by atoms with Gasteiger partial charge in [-0.25, -0.2) is 8.78 Å². The van der Waals surface area contributed by atoms with E-state index in [4.69, 9.17) is 0 Å². The van der Waals surface area contributed by atoms with Crippen molar-refractivity contribution in [2.24, 2.45) is 0 Å². The van der Waals surface area contributed by atoms with E-state index in [2.05, 4.69) is 22.6 Å². The number of halogens is 3. The predicted octanol–water partition coefficient (Wildman–Crippen LogP) is 2.79. The first kappa shape index (κ1) is 10.1. The molecule has 1 aliphatic rings. The van der Waals surface area contributed by atoms with Crippen LogP contribution in [0.15, 0.2) is 24.3 Å². The van der Waals surface area contributed by atoms with Gasteiger partial charge in [0.25, 0.3) is 0 Å². The molecular formula is C10H10F2IN. The fourth-order valence-corrected chi connectivity index (χ4v) is 1.95. The van der Waals surface area contributed by atoms with Crippen molar-refractivity contribution in [3.05, 3.63) is 27.8 Å². The van der Waals surface area contributed by atoms with E-state index >= 15 is 0 Å². The summed E-state index contributed by atoms with van der Waals surface area (Å²) in [5.41, 5.74) is 0.896. The third-order valence-corrected chi connectivity index (χ3v) is 3.09. The highest BCUT2D eigenvalue weighted by molar-refractivity contribution is 14.1. The summed E-state index contributed by atoms with van der Waals surface area (Å²) >= 11 is 2.20. The molecule has 76 valence electrons. The van der Waals surface area contributed by atoms with E-state index in [0.29, 0.717) is 0 Å². The molecule has 2 unspecified atom stereocenters. The molecule has 0 aliphatic carbocycles. The maximum Gasteiger partial charge on any atom is 0.150 e. The van der Waals surface area contributed by atoms with Crippen molar-refractivity contribution in [1.82, 2.24) is 0 Å². The fourth-order valence-electron chi connectivity index (χ4n) is 1.59. The summed E-state index contributed by atoms with van der Waals surface area (Å²) in [6.07, 6.45) is -2.68. The Bertz CT molecular complexity index is 304. The Morgan fingerprint density at radius 1 is 1.07 bits per heavy atom. The van der Waals surface area contributed by atoms with Gasteiger partial charge < -0.3 is 4.90 Å². The Morgan fingerprint density at radius 3 is 2.07 bits per heavy atom. The first-order chi connectivity index (χ1) is 6.66. The first-order valence-electron chi connectivity index (χ1n) is 4.45. The van der Waals surface area contributed by atoms with Gasteiger partial charge in [-0.1, -0.05) is 0 Å². The lowest BCUT2D eigenvalue weighted by Gasteiger charge is -2.16. The smallest absolute Gasteiger partial charge is 0.150 e. The van der Waals surface area contributed by atoms with E-state index in [-0.39, 0.29) is 13.1 Å². The zero-order chi connectivity index (χ0) is 10.1. The largest absolute Gasteiger partial charge is 0.365 e. The maximum absolute atomic E-state index is 12.9. The Labute approximate surface area is 95.2 Å². The van der Waals surface area contributed by atoms with Gasteiger partial charge in [-0.3, -0.25) is 0 Å². The van der Waals surface area contributed by atoms with Crippen LogP contribution in [0.4, 0.5) is 14.5 Å². The van der Waals surface area contributed by atoms with Crippen molar-refractivity contribution >= 4 is 28.3 Å². The van der Waals surface area contributed by atoms with Crippen molar-refractivity contribution in [1.29, 1.82) is 0 Å². The minimum atomic E-state index is -1.34. The van der Waals surface area contributed by atoms with E-state index in [0.717, 1.165) is 9.26 Å². The number of hydrogen-bond donors (Lipinski definition) is 0. The van der Waals surface area contributed by atoms with Crippen LogP contribution in [0.1, 0.15) is 0 Å². The molecule has 0 aromatic heterocycles. The van der Waals surface area contributed by atoms with E-state index in [1.807, 2.05) is 24.3 Å². The number of benzene rings is 1. The summed E-state index contributed by atoms with van der Waals surface area (Å²) < 4.78 is 27.0. The summed E-state index contributed by atoms with van der Waals surface area (Å²) in [4.78, 5) is 1.74. The first-order valence-corrected chi connectivity index (χ1v) is 5.53. The number of rotatable bonds is 1. The Balaban J connectivity index is 2.13. The van der Waals surface area contributed by atoms with Crippen LogP contribution in [0.3, 0.4) is 0 Å². The predicted molar refractivity (Wildman–Crippen MR) is 61.2 cm³/mol. The minimum Gasteiger partial charge on any atom is -0.365 e. The van der Waals surface area contributed by atoms with E-state index in [1.165, 1.54) is 0 Å². The summed E-state index contributed by atoms with van der Waals surface area (Å²) in [5, 5.41) is 0. The fraction of sp³-hybridized carbons (Fsp3) is 0.400. The second kappa shape index (κ2) is 4.00. The lowest BCUT2D eigenvalue weighted by atomic mass is 10.3. The van der Waals surface area contributed by atoms with Crippen LogP contribution in [-0.2, 0) is 0 Å². The van der Waals surface area contributed by atoms with E-state index < -0.39 is 12.3 Å². The number of nitrogens with zero attached hydrogens (tertiary/aromatic N) is 1. The van der Waals surface area contributed by atoms with Crippen molar-refractivity contribution in [3.8, 4) is 0 Å². The van der Waals surface area contributed by atoms with Gasteiger partial charge in [0.2, 0.25) is 0 Å². The van der Waals surface area contributed by atoms with Gasteiger partial charge in [0, 0.05) is 9.26 Å². The highest BCUT2D eigenvalue weighted by Crippen LogP contribution is 2.24. The number of anilines is 1. The van der Waals surface area contributed by atoms with Crippen molar-refractivity contribution < 1.29 is 8.78 Å². The molecular weight excluding hydrogens is 299 g/mol. The molecule has 0 saturated carbocycles. The van der Waals surface area contributed by atoms with E-state index in [1.54, 1.807) is 4.90 Å². The highest BCUT2D eigenvalue weighted by Gasteiger charge is 2.32. The second-order valence-electron chi connectivity index (χ2n) is 3.41. The van der Waals surface area contributed by atoms with Crippen molar-refractivity contribution in [3.63, 3.8) is 0 Å². The van der Waals surface area contributed by atoms with Crippen molar-refractivity contribution in [2.75, 3.05) is 18.0 Å². The highest BCUT2D eigenvalue weighted by atomic mass is 127. The molecule has 1 heterocycles. The molecule has 4 heteroatoms. The van der Waals surface area contributed by atoms with Gasteiger partial charge in [-0.15, -0.1) is 0 Å². The minimum absolute atomic E-state index is 0.168. The third kappa shape index (κ3) is 1.99. The Kier molecular flexibility index (Phi) is 2.90. The molecule has 14 heavy (non-hydrogen) atoms. The van der Waals surface area contributed by atoms with Gasteiger partial charge >= 0.3 is 0 Å². The molecule has 1 aromatic carbocycles. The van der Waals surface area contributed by atoms with Gasteiger partial charge in [0.05, 0.1) is 13.1 Å². The van der Waals surface area contributed by atoms with Gasteiger partial charge in [-0.2, -0.15) is 0 Å². The Hall–Kier alpha value is -0.390. The summed E-state index contributed by atoms with van der Waals surface area (Å²) in [7, 11) is 0. The van der Waals surface area contributed by atoms with Gasteiger partial charge in [0.1, 0.15) is 0 Å². The zero-order valence-electron chi connectivity index (χ0n) is 7.46. The van der Waals surface area contributed by atoms with Crippen LogP contribution in [0.25, 0.3) is 0 Å². The normalized spacial score (nSPS) is 26.9. The summed E-state index contributed by atoms with van der Waals surface area (Å²) in [5.74, 6) is 0. The topological polar surface area (TPSA) is 3.24 Å². The quantitative estimate of drug-likeness (QED) is 0.721. The lowest BCUT2D eigenvalue weighted by molar-refractivity contribution is 0.217. The molecule has 0 spiro atoms. The molecule has 1 saturated heterocycles. The van der Waals surface area contributed by atoms with Crippen molar-refractivity contribution in [2.45, 2.75) is 12.3 Å². The van der Waals surface area contributed by atoms with Crippen LogP contribution in [0, 0.1) is 3.57 Å². The summed E-state index contributed by atoms with van der Waals surface area (Å²) in [6.45, 7) is 0.337. The van der Waals surface area contributed by atoms with Crippen LogP contribution in [-0.4, -0.2) is 25.4 Å². The average Bonchev–Trinajstić information content (AvgIpc) is 2.48. The summed E-state index contributed by atoms with van der Waals surface area (Å²) in [6, 6.07) is 7.67.